The Labute approximate surface area is 118 Å². The van der Waals surface area contributed by atoms with Gasteiger partial charge in [-0.05, 0) is 38.0 Å². The van der Waals surface area contributed by atoms with E-state index in [1.165, 1.54) is 12.1 Å². The molecule has 1 saturated carbocycles. The van der Waals surface area contributed by atoms with Crippen LogP contribution in [0.15, 0.2) is 29.2 Å². The van der Waals surface area contributed by atoms with Crippen molar-refractivity contribution in [3.8, 4) is 0 Å². The van der Waals surface area contributed by atoms with Gasteiger partial charge >= 0.3 is 0 Å². The van der Waals surface area contributed by atoms with Gasteiger partial charge in [0.2, 0.25) is 5.91 Å². The molecule has 19 heavy (non-hydrogen) atoms. The number of amides is 1. The summed E-state index contributed by atoms with van der Waals surface area (Å²) in [5.74, 6) is -0.817. The number of carbonyl (C=O) groups excluding carboxylic acids is 1. The van der Waals surface area contributed by atoms with Crippen molar-refractivity contribution in [2.24, 2.45) is 0 Å². The van der Waals surface area contributed by atoms with Gasteiger partial charge in [0.15, 0.2) is 9.84 Å². The Balaban J connectivity index is 2.14. The molecule has 1 aliphatic carbocycles. The Hall–Kier alpha value is -1.07. The summed E-state index contributed by atoms with van der Waals surface area (Å²) in [5.41, 5.74) is 0. The molecular formula is C13H16ClNO3S. The molecule has 0 bridgehead atoms. The van der Waals surface area contributed by atoms with Crippen LogP contribution in [-0.4, -0.2) is 37.6 Å². The van der Waals surface area contributed by atoms with Crippen LogP contribution in [0.25, 0.3) is 0 Å². The van der Waals surface area contributed by atoms with Crippen LogP contribution in [0.2, 0.25) is 5.02 Å². The molecule has 1 fully saturated rings. The summed E-state index contributed by atoms with van der Waals surface area (Å²) in [6.07, 6.45) is 1.94. The average Bonchev–Trinajstić information content (AvgIpc) is 3.14. The van der Waals surface area contributed by atoms with Crippen molar-refractivity contribution >= 4 is 27.3 Å². The molecular weight excluding hydrogens is 286 g/mol. The first kappa shape index (κ1) is 14.3. The number of hydrogen-bond acceptors (Lipinski definition) is 3. The fraction of sp³-hybridized carbons (Fsp3) is 0.462. The van der Waals surface area contributed by atoms with Crippen molar-refractivity contribution in [3.05, 3.63) is 29.3 Å². The zero-order valence-electron chi connectivity index (χ0n) is 10.7. The fourth-order valence-electron chi connectivity index (χ4n) is 2.01. The highest BCUT2D eigenvalue weighted by Crippen LogP contribution is 2.27. The third-order valence-electron chi connectivity index (χ3n) is 3.12. The highest BCUT2D eigenvalue weighted by atomic mass is 35.5. The summed E-state index contributed by atoms with van der Waals surface area (Å²) in [6.45, 7) is 2.41. The largest absolute Gasteiger partial charge is 0.339 e. The van der Waals surface area contributed by atoms with Crippen LogP contribution in [0, 0.1) is 0 Å². The van der Waals surface area contributed by atoms with Gasteiger partial charge in [-0.25, -0.2) is 8.42 Å². The molecule has 1 amide bonds. The number of carbonyl (C=O) groups is 1. The van der Waals surface area contributed by atoms with E-state index in [0.29, 0.717) is 11.6 Å². The molecule has 1 aliphatic rings. The van der Waals surface area contributed by atoms with E-state index in [0.717, 1.165) is 12.8 Å². The monoisotopic (exact) mass is 301 g/mol. The van der Waals surface area contributed by atoms with Crippen molar-refractivity contribution in [3.63, 3.8) is 0 Å². The summed E-state index contributed by atoms with van der Waals surface area (Å²) < 4.78 is 24.3. The first-order valence-corrected chi connectivity index (χ1v) is 8.25. The second-order valence-electron chi connectivity index (χ2n) is 4.63. The predicted octanol–water partition coefficient (Wildman–Crippen LogP) is 2.12. The Morgan fingerprint density at radius 1 is 1.42 bits per heavy atom. The van der Waals surface area contributed by atoms with Crippen LogP contribution in [0.4, 0.5) is 0 Å². The molecule has 0 radical (unpaired) electrons. The van der Waals surface area contributed by atoms with E-state index in [1.54, 1.807) is 17.0 Å². The van der Waals surface area contributed by atoms with E-state index in [2.05, 4.69) is 0 Å². The third-order valence-corrected chi connectivity index (χ3v) is 4.95. The predicted molar refractivity (Wildman–Crippen MR) is 73.9 cm³/mol. The molecule has 0 atom stereocenters. The Kier molecular flexibility index (Phi) is 4.16. The molecule has 104 valence electrons. The lowest BCUT2D eigenvalue weighted by Crippen LogP contribution is -2.37. The van der Waals surface area contributed by atoms with E-state index >= 15 is 0 Å². The van der Waals surface area contributed by atoms with Crippen LogP contribution < -0.4 is 0 Å². The minimum atomic E-state index is -3.62. The number of benzene rings is 1. The van der Waals surface area contributed by atoms with Crippen molar-refractivity contribution in [1.82, 2.24) is 4.90 Å². The van der Waals surface area contributed by atoms with Gasteiger partial charge in [-0.2, -0.15) is 0 Å². The summed E-state index contributed by atoms with van der Waals surface area (Å²) in [7, 11) is -3.62. The average molecular weight is 302 g/mol. The number of sulfone groups is 1. The van der Waals surface area contributed by atoms with Crippen LogP contribution in [0.5, 0.6) is 0 Å². The number of nitrogens with zero attached hydrogens (tertiary/aromatic N) is 1. The first-order valence-electron chi connectivity index (χ1n) is 6.22. The summed E-state index contributed by atoms with van der Waals surface area (Å²) in [4.78, 5) is 13.8. The van der Waals surface area contributed by atoms with E-state index in [1.807, 2.05) is 6.92 Å². The van der Waals surface area contributed by atoms with Crippen molar-refractivity contribution in [2.45, 2.75) is 30.7 Å². The minimum absolute atomic E-state index is 0.0974. The maximum absolute atomic E-state index is 12.2. The van der Waals surface area contributed by atoms with Gasteiger partial charge in [0.25, 0.3) is 0 Å². The lowest BCUT2D eigenvalue weighted by Gasteiger charge is -2.20. The van der Waals surface area contributed by atoms with Gasteiger partial charge in [0.05, 0.1) is 4.90 Å². The van der Waals surface area contributed by atoms with Crippen LogP contribution >= 0.6 is 11.6 Å². The lowest BCUT2D eigenvalue weighted by atomic mass is 10.4. The summed E-state index contributed by atoms with van der Waals surface area (Å²) in [5, 5.41) is 0.350. The molecule has 1 aromatic rings. The maximum Gasteiger partial charge on any atom is 0.238 e. The maximum atomic E-state index is 12.2. The second-order valence-corrected chi connectivity index (χ2v) is 7.05. The zero-order chi connectivity index (χ0) is 14.0. The SMILES string of the molecule is CCN(C(=O)CS(=O)(=O)c1cccc(Cl)c1)C1CC1. The fourth-order valence-corrected chi connectivity index (χ4v) is 3.52. The Morgan fingerprint density at radius 2 is 2.11 bits per heavy atom. The van der Waals surface area contributed by atoms with Gasteiger partial charge < -0.3 is 4.90 Å². The zero-order valence-corrected chi connectivity index (χ0v) is 12.2. The normalized spacial score (nSPS) is 15.3. The number of rotatable bonds is 5. The van der Waals surface area contributed by atoms with Crippen LogP contribution in [0.1, 0.15) is 19.8 Å². The Morgan fingerprint density at radius 3 is 2.63 bits per heavy atom. The molecule has 4 nitrogen and oxygen atoms in total. The topological polar surface area (TPSA) is 54.5 Å². The van der Waals surface area contributed by atoms with Crippen LogP contribution in [-0.2, 0) is 14.6 Å². The van der Waals surface area contributed by atoms with Gasteiger partial charge in [-0.3, -0.25) is 4.79 Å². The van der Waals surface area contributed by atoms with Crippen molar-refractivity contribution < 1.29 is 13.2 Å². The summed E-state index contributed by atoms with van der Waals surface area (Å²) >= 11 is 5.78. The molecule has 2 rings (SSSR count). The first-order chi connectivity index (χ1) is 8.94. The quantitative estimate of drug-likeness (QED) is 0.837. The smallest absolute Gasteiger partial charge is 0.238 e. The van der Waals surface area contributed by atoms with Crippen molar-refractivity contribution in [2.75, 3.05) is 12.3 Å². The van der Waals surface area contributed by atoms with Gasteiger partial charge in [0, 0.05) is 17.6 Å². The van der Waals surface area contributed by atoms with E-state index in [-0.39, 0.29) is 16.8 Å². The third kappa shape index (κ3) is 3.48. The number of halogens is 1. The molecule has 0 heterocycles. The van der Waals surface area contributed by atoms with Crippen molar-refractivity contribution in [1.29, 1.82) is 0 Å². The van der Waals surface area contributed by atoms with Gasteiger partial charge in [0.1, 0.15) is 5.75 Å². The molecule has 0 spiro atoms. The van der Waals surface area contributed by atoms with Gasteiger partial charge in [-0.1, -0.05) is 17.7 Å². The highest BCUT2D eigenvalue weighted by molar-refractivity contribution is 7.92. The molecule has 6 heteroatoms. The number of hydrogen-bond donors (Lipinski definition) is 0. The van der Waals surface area contributed by atoms with Crippen LogP contribution in [0.3, 0.4) is 0 Å². The second kappa shape index (κ2) is 5.51. The lowest BCUT2D eigenvalue weighted by molar-refractivity contribution is -0.128. The molecule has 0 aromatic heterocycles. The van der Waals surface area contributed by atoms with E-state index < -0.39 is 15.6 Å². The molecule has 0 N–H and O–H groups in total. The molecule has 0 saturated heterocycles. The Bertz CT molecular complexity index is 581. The van der Waals surface area contributed by atoms with E-state index in [4.69, 9.17) is 11.6 Å². The molecule has 1 aromatic carbocycles. The standard InChI is InChI=1S/C13H16ClNO3S/c1-2-15(11-6-7-11)13(16)9-19(17,18)12-5-3-4-10(14)8-12/h3-5,8,11H,2,6-7,9H2,1H3. The van der Waals surface area contributed by atoms with Gasteiger partial charge in [-0.15, -0.1) is 0 Å². The molecule has 0 aliphatic heterocycles. The molecule has 0 unspecified atom stereocenters. The summed E-state index contributed by atoms with van der Waals surface area (Å²) in [6, 6.07) is 6.23. The van der Waals surface area contributed by atoms with E-state index in [9.17, 15) is 13.2 Å². The highest BCUT2D eigenvalue weighted by Gasteiger charge is 2.33. The minimum Gasteiger partial charge on any atom is -0.339 e.